The maximum atomic E-state index is 12.1. The van der Waals surface area contributed by atoms with Gasteiger partial charge in [0.15, 0.2) is 0 Å². The lowest BCUT2D eigenvalue weighted by atomic mass is 9.83. The van der Waals surface area contributed by atoms with Crippen LogP contribution in [0.15, 0.2) is 0 Å². The number of hydrogen-bond acceptors (Lipinski definition) is 3. The second-order valence-electron chi connectivity index (χ2n) is 6.51. The third kappa shape index (κ3) is 5.04. The van der Waals surface area contributed by atoms with Gasteiger partial charge in [0.05, 0.1) is 5.25 Å². The minimum absolute atomic E-state index is 0.337. The van der Waals surface area contributed by atoms with Crippen LogP contribution in [0.2, 0.25) is 0 Å². The monoisotopic (exact) mass is 288 g/mol. The maximum Gasteiger partial charge on any atom is 0.215 e. The predicted octanol–water partition coefficient (Wildman–Crippen LogP) is 1.87. The molecule has 1 atom stereocenters. The van der Waals surface area contributed by atoms with Gasteiger partial charge in [0.25, 0.3) is 0 Å². The van der Waals surface area contributed by atoms with Crippen molar-refractivity contribution in [3.8, 4) is 0 Å². The number of rotatable bonds is 7. The van der Waals surface area contributed by atoms with Gasteiger partial charge in [-0.05, 0) is 44.4 Å². The quantitative estimate of drug-likeness (QED) is 0.752. The molecule has 2 saturated carbocycles. The van der Waals surface area contributed by atoms with E-state index in [1.165, 1.54) is 38.5 Å². The fourth-order valence-corrected chi connectivity index (χ4v) is 3.71. The first-order chi connectivity index (χ1) is 8.97. The Kier molecular flexibility index (Phi) is 5.26. The zero-order valence-corrected chi connectivity index (χ0v) is 13.0. The van der Waals surface area contributed by atoms with E-state index in [1.807, 2.05) is 0 Å². The highest BCUT2D eigenvalue weighted by Gasteiger charge is 2.26. The fraction of sp³-hybridized carbons (Fsp3) is 1.00. The molecule has 0 saturated heterocycles. The fourth-order valence-electron chi connectivity index (χ4n) is 2.64. The van der Waals surface area contributed by atoms with Crippen molar-refractivity contribution < 1.29 is 8.42 Å². The van der Waals surface area contributed by atoms with E-state index < -0.39 is 10.0 Å². The molecule has 112 valence electrons. The van der Waals surface area contributed by atoms with E-state index in [-0.39, 0.29) is 5.25 Å². The molecule has 2 fully saturated rings. The van der Waals surface area contributed by atoms with Crippen LogP contribution in [0.5, 0.6) is 0 Å². The molecule has 0 aromatic carbocycles. The molecular formula is C14H28N2O2S. The third-order valence-electron chi connectivity index (χ3n) is 4.51. The summed E-state index contributed by atoms with van der Waals surface area (Å²) >= 11 is 0. The van der Waals surface area contributed by atoms with Gasteiger partial charge in [-0.15, -0.1) is 0 Å². The highest BCUT2D eigenvalue weighted by molar-refractivity contribution is 7.90. The van der Waals surface area contributed by atoms with Crippen LogP contribution < -0.4 is 10.0 Å². The first-order valence-electron chi connectivity index (χ1n) is 7.69. The van der Waals surface area contributed by atoms with Gasteiger partial charge in [-0.25, -0.2) is 13.1 Å². The lowest BCUT2D eigenvalue weighted by Gasteiger charge is -2.26. The molecule has 0 radical (unpaired) electrons. The van der Waals surface area contributed by atoms with E-state index in [2.05, 4.69) is 17.0 Å². The van der Waals surface area contributed by atoms with Crippen LogP contribution in [0.1, 0.15) is 52.4 Å². The molecule has 2 aliphatic carbocycles. The molecule has 0 spiro atoms. The summed E-state index contributed by atoms with van der Waals surface area (Å²) in [6, 6.07) is 0.567. The summed E-state index contributed by atoms with van der Waals surface area (Å²) in [5.74, 6) is 1.35. The van der Waals surface area contributed by atoms with E-state index >= 15 is 0 Å². The lowest BCUT2D eigenvalue weighted by molar-refractivity contribution is 0.290. The van der Waals surface area contributed by atoms with Crippen LogP contribution in [-0.4, -0.2) is 32.8 Å². The van der Waals surface area contributed by atoms with Gasteiger partial charge in [0.2, 0.25) is 10.0 Å². The standard InChI is InChI=1S/C14H28N2O2S/c1-11-3-5-13(6-4-11)10-16-19(17,18)12(2)9-15-14-7-8-14/h11-16H,3-10H2,1-2H3. The molecule has 1 unspecified atom stereocenters. The molecule has 2 aliphatic rings. The third-order valence-corrected chi connectivity index (χ3v) is 6.30. The van der Waals surface area contributed by atoms with Crippen molar-refractivity contribution in [2.24, 2.45) is 11.8 Å². The number of sulfonamides is 1. The number of nitrogens with one attached hydrogen (secondary N) is 2. The molecule has 4 nitrogen and oxygen atoms in total. The van der Waals surface area contributed by atoms with Gasteiger partial charge < -0.3 is 5.32 Å². The summed E-state index contributed by atoms with van der Waals surface area (Å²) in [4.78, 5) is 0. The SMILES string of the molecule is CC1CCC(CNS(=O)(=O)C(C)CNC2CC2)CC1. The second-order valence-corrected chi connectivity index (χ2v) is 8.70. The predicted molar refractivity (Wildman–Crippen MR) is 78.5 cm³/mol. The van der Waals surface area contributed by atoms with Crippen LogP contribution >= 0.6 is 0 Å². The van der Waals surface area contributed by atoms with Crippen molar-refractivity contribution >= 4 is 10.0 Å². The summed E-state index contributed by atoms with van der Waals surface area (Å²) in [5.41, 5.74) is 0. The van der Waals surface area contributed by atoms with Gasteiger partial charge in [-0.3, -0.25) is 0 Å². The molecule has 0 aliphatic heterocycles. The van der Waals surface area contributed by atoms with Crippen LogP contribution in [-0.2, 0) is 10.0 Å². The zero-order valence-electron chi connectivity index (χ0n) is 12.2. The Balaban J connectivity index is 1.70. The van der Waals surface area contributed by atoms with Crippen molar-refractivity contribution in [2.45, 2.75) is 63.7 Å². The molecule has 0 amide bonds. The molecular weight excluding hydrogens is 260 g/mol. The normalized spacial score (nSPS) is 30.2. The highest BCUT2D eigenvalue weighted by Crippen LogP contribution is 2.27. The summed E-state index contributed by atoms with van der Waals surface area (Å²) in [7, 11) is -3.15. The molecule has 0 aromatic heterocycles. The molecule has 5 heteroatoms. The van der Waals surface area contributed by atoms with Crippen LogP contribution in [0, 0.1) is 11.8 Å². The average Bonchev–Trinajstić information content (AvgIpc) is 3.19. The Morgan fingerprint density at radius 2 is 1.74 bits per heavy atom. The number of hydrogen-bond donors (Lipinski definition) is 2. The first-order valence-corrected chi connectivity index (χ1v) is 9.24. The van der Waals surface area contributed by atoms with Crippen LogP contribution in [0.25, 0.3) is 0 Å². The smallest absolute Gasteiger partial charge is 0.215 e. The van der Waals surface area contributed by atoms with Crippen molar-refractivity contribution in [1.29, 1.82) is 0 Å². The Bertz CT molecular complexity index is 371. The Morgan fingerprint density at radius 3 is 2.32 bits per heavy atom. The highest BCUT2D eigenvalue weighted by atomic mass is 32.2. The molecule has 0 aromatic rings. The summed E-state index contributed by atoms with van der Waals surface area (Å²) in [5, 5.41) is 2.95. The Labute approximate surface area is 117 Å². The van der Waals surface area contributed by atoms with Crippen molar-refractivity contribution in [2.75, 3.05) is 13.1 Å². The summed E-state index contributed by atoms with van der Waals surface area (Å²) in [6.45, 7) is 5.27. The minimum atomic E-state index is -3.15. The van der Waals surface area contributed by atoms with Gasteiger partial charge in [0.1, 0.15) is 0 Å². The molecule has 0 heterocycles. The van der Waals surface area contributed by atoms with Gasteiger partial charge in [0, 0.05) is 19.1 Å². The molecule has 0 bridgehead atoms. The minimum Gasteiger partial charge on any atom is -0.313 e. The van der Waals surface area contributed by atoms with Crippen molar-refractivity contribution in [3.63, 3.8) is 0 Å². The topological polar surface area (TPSA) is 58.2 Å². The van der Waals surface area contributed by atoms with Gasteiger partial charge in [-0.1, -0.05) is 19.8 Å². The zero-order chi connectivity index (χ0) is 13.9. The van der Waals surface area contributed by atoms with Crippen molar-refractivity contribution in [1.82, 2.24) is 10.0 Å². The van der Waals surface area contributed by atoms with Crippen molar-refractivity contribution in [3.05, 3.63) is 0 Å². The maximum absolute atomic E-state index is 12.1. The van der Waals surface area contributed by atoms with Crippen LogP contribution in [0.3, 0.4) is 0 Å². The Hall–Kier alpha value is -0.130. The average molecular weight is 288 g/mol. The van der Waals surface area contributed by atoms with E-state index in [4.69, 9.17) is 0 Å². The lowest BCUT2D eigenvalue weighted by Crippen LogP contribution is -2.41. The molecule has 2 N–H and O–H groups in total. The second kappa shape index (κ2) is 6.55. The van der Waals surface area contributed by atoms with E-state index in [0.717, 1.165) is 5.92 Å². The molecule has 19 heavy (non-hydrogen) atoms. The van der Waals surface area contributed by atoms with Crippen LogP contribution in [0.4, 0.5) is 0 Å². The first kappa shape index (κ1) is 15.3. The van der Waals surface area contributed by atoms with Gasteiger partial charge in [-0.2, -0.15) is 0 Å². The summed E-state index contributed by atoms with van der Waals surface area (Å²) in [6.07, 6.45) is 7.20. The Morgan fingerprint density at radius 1 is 1.11 bits per heavy atom. The summed E-state index contributed by atoms with van der Waals surface area (Å²) < 4.78 is 27.1. The van der Waals surface area contributed by atoms with E-state index in [9.17, 15) is 8.42 Å². The largest absolute Gasteiger partial charge is 0.313 e. The van der Waals surface area contributed by atoms with E-state index in [1.54, 1.807) is 6.92 Å². The van der Waals surface area contributed by atoms with E-state index in [0.29, 0.717) is 25.0 Å². The molecule has 2 rings (SSSR count). The van der Waals surface area contributed by atoms with Gasteiger partial charge >= 0.3 is 0 Å².